The van der Waals surface area contributed by atoms with Crippen molar-refractivity contribution in [1.82, 2.24) is 0 Å². The van der Waals surface area contributed by atoms with Crippen molar-refractivity contribution in [3.8, 4) is 0 Å². The van der Waals surface area contributed by atoms with Gasteiger partial charge < -0.3 is 0 Å². The minimum atomic E-state index is -1.03. The standard InChI is InChI=1S/C32H40NO/c1-2-3-4-5-6-7-8-9-10-11-19-26-32(27-20-13-12-14-21-27)28-22-15-17-24-30(28)33(34)31-25-18-16-23-29(31)32/h12-18,20-25H,2-11,19,26H2,1H3/i12D,13D,14D,20D,21D. The molecular weight excluding hydrogens is 414 g/mol. The molecule has 3 aromatic rings. The van der Waals surface area contributed by atoms with Crippen LogP contribution in [-0.4, -0.2) is 0 Å². The van der Waals surface area contributed by atoms with Gasteiger partial charge in [0.1, 0.15) is 0 Å². The van der Waals surface area contributed by atoms with E-state index >= 15 is 0 Å². The van der Waals surface area contributed by atoms with Gasteiger partial charge in [-0.2, -0.15) is 5.06 Å². The van der Waals surface area contributed by atoms with E-state index in [0.717, 1.165) is 24.3 Å². The average molecular weight is 460 g/mol. The van der Waals surface area contributed by atoms with Crippen LogP contribution in [0.5, 0.6) is 0 Å². The molecule has 4 rings (SSSR count). The van der Waals surface area contributed by atoms with Crippen LogP contribution in [0.1, 0.15) is 108 Å². The summed E-state index contributed by atoms with van der Waals surface area (Å²) in [6, 6.07) is 13.2. The topological polar surface area (TPSA) is 23.1 Å². The van der Waals surface area contributed by atoms with E-state index in [0.29, 0.717) is 28.9 Å². The van der Waals surface area contributed by atoms with Crippen molar-refractivity contribution in [3.63, 3.8) is 0 Å². The highest BCUT2D eigenvalue weighted by atomic mass is 16.5. The number of rotatable bonds is 13. The Morgan fingerprint density at radius 3 is 1.68 bits per heavy atom. The van der Waals surface area contributed by atoms with E-state index in [2.05, 4.69) is 6.92 Å². The lowest BCUT2D eigenvalue weighted by molar-refractivity contribution is 0.191. The molecule has 34 heavy (non-hydrogen) atoms. The number of unbranched alkanes of at least 4 members (excludes halogenated alkanes) is 10. The van der Waals surface area contributed by atoms with Crippen LogP contribution in [0.25, 0.3) is 0 Å². The number of benzene rings is 3. The van der Waals surface area contributed by atoms with Gasteiger partial charge in [0.25, 0.3) is 0 Å². The first-order valence-corrected chi connectivity index (χ1v) is 13.1. The molecule has 0 unspecified atom stereocenters. The van der Waals surface area contributed by atoms with Crippen LogP contribution < -0.4 is 5.06 Å². The van der Waals surface area contributed by atoms with Crippen LogP contribution in [0, 0.1) is 0 Å². The summed E-state index contributed by atoms with van der Waals surface area (Å²) in [5, 5.41) is 14.4. The molecule has 1 aliphatic heterocycles. The van der Waals surface area contributed by atoms with Gasteiger partial charge in [0.15, 0.2) is 0 Å². The van der Waals surface area contributed by atoms with Crippen molar-refractivity contribution in [1.29, 1.82) is 0 Å². The predicted molar refractivity (Wildman–Crippen MR) is 143 cm³/mol. The van der Waals surface area contributed by atoms with Gasteiger partial charge in [-0.25, -0.2) is 0 Å². The lowest BCUT2D eigenvalue weighted by atomic mass is 9.64. The van der Waals surface area contributed by atoms with Crippen LogP contribution >= 0.6 is 0 Å². The first-order chi connectivity index (χ1) is 18.9. The molecule has 0 aromatic heterocycles. The maximum Gasteiger partial charge on any atom is 0.0771 e. The van der Waals surface area contributed by atoms with Crippen molar-refractivity contribution in [2.24, 2.45) is 0 Å². The third kappa shape index (κ3) is 5.23. The normalized spacial score (nSPS) is 16.1. The fourth-order valence-corrected chi connectivity index (χ4v) is 5.48. The van der Waals surface area contributed by atoms with Crippen molar-refractivity contribution < 1.29 is 12.1 Å². The second-order valence-corrected chi connectivity index (χ2v) is 9.52. The van der Waals surface area contributed by atoms with E-state index in [-0.39, 0.29) is 29.7 Å². The Bertz CT molecular complexity index is 1200. The lowest BCUT2D eigenvalue weighted by Gasteiger charge is -2.43. The molecule has 0 atom stereocenters. The molecule has 0 spiro atoms. The van der Waals surface area contributed by atoms with Gasteiger partial charge in [0.05, 0.1) is 18.2 Å². The van der Waals surface area contributed by atoms with Gasteiger partial charge >= 0.3 is 0 Å². The van der Waals surface area contributed by atoms with Gasteiger partial charge in [-0.05, 0) is 35.2 Å². The van der Waals surface area contributed by atoms with E-state index in [1.54, 1.807) is 12.1 Å². The molecule has 179 valence electrons. The minimum Gasteiger partial charge on any atom is -0.188 e. The smallest absolute Gasteiger partial charge is 0.0771 e. The van der Waals surface area contributed by atoms with Gasteiger partial charge in [0, 0.05) is 5.41 Å². The summed E-state index contributed by atoms with van der Waals surface area (Å²) in [4.78, 5) is 0. The number of para-hydroxylation sites is 2. The first kappa shape index (κ1) is 18.7. The van der Waals surface area contributed by atoms with E-state index in [4.69, 9.17) is 6.85 Å². The van der Waals surface area contributed by atoms with Crippen LogP contribution in [0.3, 0.4) is 0 Å². The van der Waals surface area contributed by atoms with Crippen LogP contribution in [0.4, 0.5) is 11.4 Å². The Balaban J connectivity index is 1.67. The van der Waals surface area contributed by atoms with E-state index < -0.39 is 11.5 Å². The zero-order chi connectivity index (χ0) is 28.0. The summed E-state index contributed by atoms with van der Waals surface area (Å²) in [5.74, 6) is 0. The summed E-state index contributed by atoms with van der Waals surface area (Å²) in [6.45, 7) is 2.24. The number of hydrogen-bond donors (Lipinski definition) is 0. The van der Waals surface area contributed by atoms with Crippen LogP contribution in [0.15, 0.2) is 78.7 Å². The highest BCUT2D eigenvalue weighted by Crippen LogP contribution is 2.54. The zero-order valence-electron chi connectivity index (χ0n) is 25.5. The molecule has 0 aliphatic carbocycles. The Hall–Kier alpha value is -2.58. The van der Waals surface area contributed by atoms with Crippen molar-refractivity contribution in [2.45, 2.75) is 89.4 Å². The van der Waals surface area contributed by atoms with E-state index in [1.165, 1.54) is 51.4 Å². The van der Waals surface area contributed by atoms with Gasteiger partial charge in [-0.15, -0.1) is 0 Å². The second kappa shape index (κ2) is 12.2. The number of fused-ring (bicyclic) bond motifs is 2. The fraction of sp³-hybridized carbons (Fsp3) is 0.438. The highest BCUT2D eigenvalue weighted by Gasteiger charge is 2.44. The molecule has 0 saturated heterocycles. The molecule has 0 fully saturated rings. The molecule has 2 heteroatoms. The second-order valence-electron chi connectivity index (χ2n) is 9.52. The number of hydrogen-bond acceptors (Lipinski definition) is 1. The van der Waals surface area contributed by atoms with Crippen LogP contribution in [0.2, 0.25) is 0 Å². The molecule has 1 aliphatic rings. The molecule has 2 nitrogen and oxygen atoms in total. The largest absolute Gasteiger partial charge is 0.188 e. The summed E-state index contributed by atoms with van der Waals surface area (Å²) >= 11 is 0. The quantitative estimate of drug-likeness (QED) is 0.233. The predicted octanol–water partition coefficient (Wildman–Crippen LogP) is 9.52. The Labute approximate surface area is 213 Å². The Morgan fingerprint density at radius 1 is 0.676 bits per heavy atom. The maximum absolute atomic E-state index is 13.5. The average Bonchev–Trinajstić information content (AvgIpc) is 2.96. The molecular formula is C32H40NO. The summed E-state index contributed by atoms with van der Waals surface area (Å²) in [5.41, 5.74) is 1.56. The van der Waals surface area contributed by atoms with Gasteiger partial charge in [-0.3, -0.25) is 0 Å². The maximum atomic E-state index is 13.5. The third-order valence-corrected chi connectivity index (χ3v) is 7.25. The van der Waals surface area contributed by atoms with Gasteiger partial charge in [-0.1, -0.05) is 149 Å². The zero-order valence-corrected chi connectivity index (χ0v) is 20.5. The van der Waals surface area contributed by atoms with Gasteiger partial charge in [0.2, 0.25) is 0 Å². The van der Waals surface area contributed by atoms with Crippen LogP contribution in [-0.2, 0) is 10.6 Å². The van der Waals surface area contributed by atoms with E-state index in [1.807, 2.05) is 36.4 Å². The van der Waals surface area contributed by atoms with E-state index in [9.17, 15) is 5.21 Å². The van der Waals surface area contributed by atoms with Crippen molar-refractivity contribution in [3.05, 3.63) is 95.4 Å². The Kier molecular flexibility index (Phi) is 6.72. The molecule has 1 heterocycles. The summed E-state index contributed by atoms with van der Waals surface area (Å²) < 4.78 is 42.9. The Morgan fingerprint density at radius 2 is 1.15 bits per heavy atom. The number of nitrogens with zero attached hydrogens (tertiary/aromatic N) is 1. The summed E-state index contributed by atoms with van der Waals surface area (Å²) in [6.07, 6.45) is 13.7. The SMILES string of the molecule is [2H]c1c([2H])c([2H])c(C2(CCCCCCCCCCCCC)c3ccccc3N([O])c3ccccc32)c([2H])c1[2H]. The molecule has 3 aromatic carbocycles. The van der Waals surface area contributed by atoms with Crippen molar-refractivity contribution in [2.75, 3.05) is 5.06 Å². The molecule has 0 amide bonds. The summed E-state index contributed by atoms with van der Waals surface area (Å²) in [7, 11) is 0. The highest BCUT2D eigenvalue weighted by molar-refractivity contribution is 5.78. The molecule has 0 saturated carbocycles. The molecule has 0 N–H and O–H groups in total. The fourth-order valence-electron chi connectivity index (χ4n) is 5.48. The van der Waals surface area contributed by atoms with Crippen molar-refractivity contribution >= 4 is 11.4 Å². The number of anilines is 2. The first-order valence-electron chi connectivity index (χ1n) is 15.6. The monoisotopic (exact) mass is 459 g/mol. The molecule has 1 radical (unpaired) electrons. The minimum absolute atomic E-state index is 0.201. The third-order valence-electron chi connectivity index (χ3n) is 7.25. The lowest BCUT2D eigenvalue weighted by Crippen LogP contribution is -2.36. The molecule has 0 bridgehead atoms.